The van der Waals surface area contributed by atoms with Crippen LogP contribution >= 0.6 is 0 Å². The van der Waals surface area contributed by atoms with Crippen LogP contribution in [-0.4, -0.2) is 43.1 Å². The minimum Gasteiger partial charge on any atom is -0.508 e. The third-order valence-electron chi connectivity index (χ3n) is 2.42. The number of primary amides is 1. The summed E-state index contributed by atoms with van der Waals surface area (Å²) in [6, 6.07) is 5.94. The lowest BCUT2D eigenvalue weighted by molar-refractivity contribution is -0.120. The van der Waals surface area contributed by atoms with Gasteiger partial charge in [-0.15, -0.1) is 0 Å². The number of hydrogen-bond acceptors (Lipinski definition) is 4. The fourth-order valence-electron chi connectivity index (χ4n) is 1.48. The van der Waals surface area contributed by atoms with Crippen LogP contribution in [0.25, 0.3) is 0 Å². The molecule has 1 aromatic rings. The van der Waals surface area contributed by atoms with E-state index in [9.17, 15) is 9.90 Å². The van der Waals surface area contributed by atoms with Gasteiger partial charge in [-0.2, -0.15) is 0 Å². The van der Waals surface area contributed by atoms with Gasteiger partial charge in [0.15, 0.2) is 0 Å². The fraction of sp³-hybridized carbons (Fsp3) is 0.417. The number of likely N-dealkylation sites (N-methyl/N-ethyl adjacent to an activating group) is 1. The van der Waals surface area contributed by atoms with E-state index in [1.807, 2.05) is 19.0 Å². The maximum atomic E-state index is 11.3. The molecule has 0 saturated heterocycles. The standard InChI is InChI=1S/C12H19N3O2/c1-15(2)8-7-14-11(12(13)17)9-3-5-10(16)6-4-9/h3-6,11,14,16H,7-8H2,1-2H3,(H2,13,17). The number of nitrogens with two attached hydrogens (primary N) is 1. The van der Waals surface area contributed by atoms with E-state index in [1.165, 1.54) is 0 Å². The van der Waals surface area contributed by atoms with Crippen molar-refractivity contribution in [3.8, 4) is 5.75 Å². The molecule has 1 atom stereocenters. The highest BCUT2D eigenvalue weighted by Crippen LogP contribution is 2.16. The molecule has 0 radical (unpaired) electrons. The summed E-state index contributed by atoms with van der Waals surface area (Å²) in [5.74, 6) is -0.250. The van der Waals surface area contributed by atoms with Gasteiger partial charge in [-0.05, 0) is 31.8 Å². The van der Waals surface area contributed by atoms with E-state index in [1.54, 1.807) is 24.3 Å². The molecular weight excluding hydrogens is 218 g/mol. The number of aromatic hydroxyl groups is 1. The molecule has 5 heteroatoms. The first kappa shape index (κ1) is 13.5. The molecule has 17 heavy (non-hydrogen) atoms. The lowest BCUT2D eigenvalue weighted by Crippen LogP contribution is -2.37. The Hall–Kier alpha value is -1.59. The summed E-state index contributed by atoms with van der Waals surface area (Å²) in [7, 11) is 3.92. The lowest BCUT2D eigenvalue weighted by Gasteiger charge is -2.17. The van der Waals surface area contributed by atoms with Crippen LogP contribution < -0.4 is 11.1 Å². The van der Waals surface area contributed by atoms with Crippen molar-refractivity contribution in [1.29, 1.82) is 0 Å². The Balaban J connectivity index is 2.66. The van der Waals surface area contributed by atoms with Crippen molar-refractivity contribution >= 4 is 5.91 Å². The van der Waals surface area contributed by atoms with Gasteiger partial charge in [0.1, 0.15) is 11.8 Å². The average Bonchev–Trinajstić information content (AvgIpc) is 2.25. The molecule has 0 bridgehead atoms. The Morgan fingerprint density at radius 1 is 1.41 bits per heavy atom. The van der Waals surface area contributed by atoms with E-state index in [0.717, 1.165) is 12.1 Å². The quantitative estimate of drug-likeness (QED) is 0.654. The molecule has 5 nitrogen and oxygen atoms in total. The summed E-state index contributed by atoms with van der Waals surface area (Å²) < 4.78 is 0. The van der Waals surface area contributed by atoms with E-state index in [-0.39, 0.29) is 5.75 Å². The zero-order valence-electron chi connectivity index (χ0n) is 10.2. The molecule has 0 spiro atoms. The number of phenols is 1. The third-order valence-corrected chi connectivity index (χ3v) is 2.42. The second kappa shape index (κ2) is 6.22. The maximum Gasteiger partial charge on any atom is 0.239 e. The summed E-state index contributed by atoms with van der Waals surface area (Å²) in [6.07, 6.45) is 0. The van der Waals surface area contributed by atoms with Crippen LogP contribution in [0.15, 0.2) is 24.3 Å². The minimum atomic E-state index is -0.518. The number of amides is 1. The molecular formula is C12H19N3O2. The molecule has 0 fully saturated rings. The van der Waals surface area contributed by atoms with Crippen molar-refractivity contribution in [2.24, 2.45) is 5.73 Å². The number of hydrogen-bond donors (Lipinski definition) is 3. The van der Waals surface area contributed by atoms with Crippen molar-refractivity contribution in [1.82, 2.24) is 10.2 Å². The summed E-state index contributed by atoms with van der Waals surface area (Å²) in [5.41, 5.74) is 6.10. The van der Waals surface area contributed by atoms with Crippen molar-refractivity contribution in [2.75, 3.05) is 27.2 Å². The molecule has 0 aliphatic rings. The number of rotatable bonds is 6. The molecule has 0 heterocycles. The lowest BCUT2D eigenvalue weighted by atomic mass is 10.1. The molecule has 4 N–H and O–H groups in total. The minimum absolute atomic E-state index is 0.172. The first-order valence-corrected chi connectivity index (χ1v) is 5.47. The highest BCUT2D eigenvalue weighted by Gasteiger charge is 2.16. The molecule has 0 aromatic heterocycles. The van der Waals surface area contributed by atoms with Gasteiger partial charge >= 0.3 is 0 Å². The van der Waals surface area contributed by atoms with E-state index >= 15 is 0 Å². The summed E-state index contributed by atoms with van der Waals surface area (Å²) in [5, 5.41) is 12.3. The van der Waals surface area contributed by atoms with Crippen LogP contribution in [0.2, 0.25) is 0 Å². The Bertz CT molecular complexity index is 363. The van der Waals surface area contributed by atoms with Crippen molar-refractivity contribution in [2.45, 2.75) is 6.04 Å². The van der Waals surface area contributed by atoms with Gasteiger partial charge in [-0.3, -0.25) is 4.79 Å². The number of phenolic OH excluding ortho intramolecular Hbond substituents is 1. The SMILES string of the molecule is CN(C)CCNC(C(N)=O)c1ccc(O)cc1. The predicted octanol–water partition coefficient (Wildman–Crippen LogP) is 0.0698. The number of carbonyl (C=O) groups excluding carboxylic acids is 1. The van der Waals surface area contributed by atoms with Gasteiger partial charge in [0.05, 0.1) is 0 Å². The first-order valence-electron chi connectivity index (χ1n) is 5.47. The largest absolute Gasteiger partial charge is 0.508 e. The molecule has 0 saturated carbocycles. The van der Waals surface area contributed by atoms with Crippen molar-refractivity contribution in [3.05, 3.63) is 29.8 Å². The third kappa shape index (κ3) is 4.42. The Kier molecular flexibility index (Phi) is 4.93. The average molecular weight is 237 g/mol. The molecule has 0 aliphatic carbocycles. The van der Waals surface area contributed by atoms with Crippen LogP contribution in [0.3, 0.4) is 0 Å². The Morgan fingerprint density at radius 3 is 2.47 bits per heavy atom. The predicted molar refractivity (Wildman–Crippen MR) is 66.6 cm³/mol. The van der Waals surface area contributed by atoms with Crippen LogP contribution in [0.5, 0.6) is 5.75 Å². The fourth-order valence-corrected chi connectivity index (χ4v) is 1.48. The Labute approximate surface area is 101 Å². The van der Waals surface area contributed by atoms with Gasteiger partial charge < -0.3 is 21.1 Å². The smallest absolute Gasteiger partial charge is 0.239 e. The van der Waals surface area contributed by atoms with Gasteiger partial charge in [0.25, 0.3) is 0 Å². The Morgan fingerprint density at radius 2 is 2.00 bits per heavy atom. The molecule has 1 amide bonds. The molecule has 0 aliphatic heterocycles. The number of nitrogens with zero attached hydrogens (tertiary/aromatic N) is 1. The van der Waals surface area contributed by atoms with Gasteiger partial charge in [-0.25, -0.2) is 0 Å². The van der Waals surface area contributed by atoms with Crippen LogP contribution in [-0.2, 0) is 4.79 Å². The topological polar surface area (TPSA) is 78.6 Å². The van der Waals surface area contributed by atoms with Crippen LogP contribution in [0, 0.1) is 0 Å². The zero-order chi connectivity index (χ0) is 12.8. The van der Waals surface area contributed by atoms with Crippen LogP contribution in [0.4, 0.5) is 0 Å². The molecule has 1 aromatic carbocycles. The second-order valence-corrected chi connectivity index (χ2v) is 4.18. The van der Waals surface area contributed by atoms with E-state index in [0.29, 0.717) is 6.54 Å². The zero-order valence-corrected chi connectivity index (χ0v) is 10.2. The number of carbonyl (C=O) groups is 1. The number of nitrogens with one attached hydrogen (secondary N) is 1. The summed E-state index contributed by atoms with van der Waals surface area (Å²) >= 11 is 0. The molecule has 1 rings (SSSR count). The summed E-state index contributed by atoms with van der Waals surface area (Å²) in [6.45, 7) is 1.49. The summed E-state index contributed by atoms with van der Waals surface area (Å²) in [4.78, 5) is 13.4. The highest BCUT2D eigenvalue weighted by molar-refractivity contribution is 5.81. The van der Waals surface area contributed by atoms with E-state index < -0.39 is 11.9 Å². The van der Waals surface area contributed by atoms with Gasteiger partial charge in [0, 0.05) is 13.1 Å². The van der Waals surface area contributed by atoms with Gasteiger partial charge in [0.2, 0.25) is 5.91 Å². The molecule has 94 valence electrons. The highest BCUT2D eigenvalue weighted by atomic mass is 16.3. The van der Waals surface area contributed by atoms with Gasteiger partial charge in [-0.1, -0.05) is 12.1 Å². The monoisotopic (exact) mass is 237 g/mol. The number of benzene rings is 1. The first-order chi connectivity index (χ1) is 8.00. The van der Waals surface area contributed by atoms with E-state index in [4.69, 9.17) is 5.73 Å². The maximum absolute atomic E-state index is 11.3. The van der Waals surface area contributed by atoms with Crippen molar-refractivity contribution < 1.29 is 9.90 Å². The molecule has 1 unspecified atom stereocenters. The second-order valence-electron chi connectivity index (χ2n) is 4.18. The normalized spacial score (nSPS) is 12.6. The van der Waals surface area contributed by atoms with Crippen molar-refractivity contribution in [3.63, 3.8) is 0 Å². The van der Waals surface area contributed by atoms with E-state index in [2.05, 4.69) is 5.32 Å². The van der Waals surface area contributed by atoms with Crippen LogP contribution in [0.1, 0.15) is 11.6 Å².